The fourth-order valence-electron chi connectivity index (χ4n) is 2.17. The Hall–Kier alpha value is -1.53. The van der Waals surface area contributed by atoms with Gasteiger partial charge in [-0.1, -0.05) is 6.07 Å². The van der Waals surface area contributed by atoms with Crippen LogP contribution in [0.5, 0.6) is 0 Å². The highest BCUT2D eigenvalue weighted by Gasteiger charge is 2.21. The Balaban J connectivity index is 2.04. The normalized spacial score (nSPS) is 14.7. The highest BCUT2D eigenvalue weighted by molar-refractivity contribution is 7.98. The number of hydrogen-bond donors (Lipinski definition) is 3. The van der Waals surface area contributed by atoms with E-state index < -0.39 is 12.0 Å². The number of hydrogen-bond acceptors (Lipinski definition) is 4. The zero-order valence-electron chi connectivity index (χ0n) is 11.3. The van der Waals surface area contributed by atoms with E-state index >= 15 is 0 Å². The summed E-state index contributed by atoms with van der Waals surface area (Å²) in [5, 5.41) is 14.9. The molecule has 0 unspecified atom stereocenters. The second kappa shape index (κ2) is 6.76. The zero-order chi connectivity index (χ0) is 14.5. The lowest BCUT2D eigenvalue weighted by Gasteiger charge is -2.14. The van der Waals surface area contributed by atoms with Crippen LogP contribution in [0.25, 0.3) is 0 Å². The molecule has 0 aromatic heterocycles. The van der Waals surface area contributed by atoms with Crippen LogP contribution in [-0.4, -0.2) is 35.0 Å². The van der Waals surface area contributed by atoms with Gasteiger partial charge in [0, 0.05) is 18.7 Å². The number of amides is 1. The lowest BCUT2D eigenvalue weighted by atomic mass is 10.1. The number of carbonyl (C=O) groups is 2. The van der Waals surface area contributed by atoms with E-state index in [0.29, 0.717) is 17.7 Å². The third-order valence-electron chi connectivity index (χ3n) is 3.31. The summed E-state index contributed by atoms with van der Waals surface area (Å²) in [5.41, 5.74) is 2.82. The van der Waals surface area contributed by atoms with Crippen molar-refractivity contribution in [2.45, 2.75) is 25.6 Å². The first-order chi connectivity index (χ1) is 9.61. The molecule has 5 nitrogen and oxygen atoms in total. The third kappa shape index (κ3) is 3.52. The van der Waals surface area contributed by atoms with E-state index in [-0.39, 0.29) is 5.91 Å². The highest BCUT2D eigenvalue weighted by atomic mass is 32.2. The molecule has 6 heteroatoms. The number of carbonyl (C=O) groups excluding carboxylic acids is 1. The number of fused-ring (bicyclic) bond motifs is 1. The van der Waals surface area contributed by atoms with Gasteiger partial charge in [-0.25, -0.2) is 4.79 Å². The maximum absolute atomic E-state index is 12.1. The Morgan fingerprint density at radius 2 is 2.15 bits per heavy atom. The van der Waals surface area contributed by atoms with Crippen molar-refractivity contribution < 1.29 is 14.7 Å². The molecule has 0 radical (unpaired) electrons. The summed E-state index contributed by atoms with van der Waals surface area (Å²) in [6, 6.07) is 4.66. The molecule has 1 aliphatic heterocycles. The number of nitrogens with one attached hydrogen (secondary N) is 2. The fraction of sp³-hybridized carbons (Fsp3) is 0.429. The molecule has 0 spiro atoms. The van der Waals surface area contributed by atoms with E-state index in [2.05, 4.69) is 10.6 Å². The first-order valence-electron chi connectivity index (χ1n) is 6.47. The second-order valence-corrected chi connectivity index (χ2v) is 5.72. The SMILES string of the molecule is CSCC[C@@H](NC(=O)c1ccc2c(c1)CNC2)C(=O)O. The molecule has 1 heterocycles. The quantitative estimate of drug-likeness (QED) is 0.735. The van der Waals surface area contributed by atoms with Gasteiger partial charge in [-0.15, -0.1) is 0 Å². The van der Waals surface area contributed by atoms with Gasteiger partial charge < -0.3 is 15.7 Å². The standard InChI is InChI=1S/C14H18N2O3S/c1-20-5-4-12(14(18)19)16-13(17)9-2-3-10-7-15-8-11(10)6-9/h2-3,6,12,15H,4-5,7-8H2,1H3,(H,16,17)(H,18,19)/t12-/m1/s1. The lowest BCUT2D eigenvalue weighted by molar-refractivity contribution is -0.139. The topological polar surface area (TPSA) is 78.4 Å². The van der Waals surface area contributed by atoms with E-state index in [9.17, 15) is 9.59 Å². The summed E-state index contributed by atoms with van der Waals surface area (Å²) in [7, 11) is 0. The maximum atomic E-state index is 12.1. The van der Waals surface area contributed by atoms with Crippen LogP contribution in [-0.2, 0) is 17.9 Å². The highest BCUT2D eigenvalue weighted by Crippen LogP contribution is 2.17. The first kappa shape index (κ1) is 14.9. The molecular formula is C14H18N2O3S. The van der Waals surface area contributed by atoms with Crippen LogP contribution in [0.15, 0.2) is 18.2 Å². The van der Waals surface area contributed by atoms with Gasteiger partial charge in [0.1, 0.15) is 6.04 Å². The van der Waals surface area contributed by atoms with Crippen molar-refractivity contribution in [3.8, 4) is 0 Å². The second-order valence-electron chi connectivity index (χ2n) is 4.73. The van der Waals surface area contributed by atoms with Gasteiger partial charge in [0.15, 0.2) is 0 Å². The van der Waals surface area contributed by atoms with E-state index in [4.69, 9.17) is 5.11 Å². The molecule has 0 bridgehead atoms. The van der Waals surface area contributed by atoms with Crippen molar-refractivity contribution in [3.05, 3.63) is 34.9 Å². The lowest BCUT2D eigenvalue weighted by Crippen LogP contribution is -2.41. The van der Waals surface area contributed by atoms with Crippen LogP contribution in [0.3, 0.4) is 0 Å². The van der Waals surface area contributed by atoms with Crippen molar-refractivity contribution in [2.24, 2.45) is 0 Å². The number of aliphatic carboxylic acids is 1. The molecular weight excluding hydrogens is 276 g/mol. The summed E-state index contributed by atoms with van der Waals surface area (Å²) in [4.78, 5) is 23.2. The molecule has 20 heavy (non-hydrogen) atoms. The van der Waals surface area contributed by atoms with Gasteiger partial charge >= 0.3 is 5.97 Å². The van der Waals surface area contributed by atoms with Gasteiger partial charge in [-0.3, -0.25) is 4.79 Å². The average Bonchev–Trinajstić information content (AvgIpc) is 2.90. The largest absolute Gasteiger partial charge is 0.480 e. The Kier molecular flexibility index (Phi) is 5.03. The molecule has 1 aromatic rings. The Morgan fingerprint density at radius 1 is 1.40 bits per heavy atom. The van der Waals surface area contributed by atoms with Crippen molar-refractivity contribution in [3.63, 3.8) is 0 Å². The first-order valence-corrected chi connectivity index (χ1v) is 7.86. The molecule has 0 saturated heterocycles. The summed E-state index contributed by atoms with van der Waals surface area (Å²) in [5.74, 6) is -0.617. The minimum atomic E-state index is -0.991. The Morgan fingerprint density at radius 3 is 2.85 bits per heavy atom. The predicted octanol–water partition coefficient (Wildman–Crippen LogP) is 1.23. The van der Waals surface area contributed by atoms with E-state index in [1.54, 1.807) is 17.8 Å². The van der Waals surface area contributed by atoms with Crippen LogP contribution in [0.1, 0.15) is 27.9 Å². The van der Waals surface area contributed by atoms with Gasteiger partial charge in [0.25, 0.3) is 5.91 Å². The number of carboxylic acids is 1. The summed E-state index contributed by atoms with van der Waals surface area (Å²) >= 11 is 1.56. The predicted molar refractivity (Wildman–Crippen MR) is 78.9 cm³/mol. The number of benzene rings is 1. The smallest absolute Gasteiger partial charge is 0.326 e. The van der Waals surface area contributed by atoms with Crippen LogP contribution < -0.4 is 10.6 Å². The van der Waals surface area contributed by atoms with Crippen molar-refractivity contribution in [2.75, 3.05) is 12.0 Å². The Labute approximate surface area is 122 Å². The molecule has 1 amide bonds. The average molecular weight is 294 g/mol. The number of carboxylic acid groups (broad SMARTS) is 1. The van der Waals surface area contributed by atoms with Gasteiger partial charge in [-0.2, -0.15) is 11.8 Å². The number of rotatable bonds is 6. The van der Waals surface area contributed by atoms with Gasteiger partial charge in [-0.05, 0) is 41.7 Å². The van der Waals surface area contributed by atoms with Crippen molar-refractivity contribution in [1.82, 2.24) is 10.6 Å². The van der Waals surface area contributed by atoms with Gasteiger partial charge in [0.05, 0.1) is 0 Å². The molecule has 1 atom stereocenters. The summed E-state index contributed by atoms with van der Waals surface area (Å²) in [6.45, 7) is 1.58. The number of thioether (sulfide) groups is 1. The molecule has 108 valence electrons. The van der Waals surface area contributed by atoms with E-state index in [1.807, 2.05) is 18.4 Å². The monoisotopic (exact) mass is 294 g/mol. The van der Waals surface area contributed by atoms with Gasteiger partial charge in [0.2, 0.25) is 0 Å². The summed E-state index contributed by atoms with van der Waals surface area (Å²) in [6.07, 6.45) is 2.34. The Bertz CT molecular complexity index is 519. The fourth-order valence-corrected chi connectivity index (χ4v) is 2.64. The molecule has 0 fully saturated rings. The molecule has 0 aliphatic carbocycles. The molecule has 1 aliphatic rings. The third-order valence-corrected chi connectivity index (χ3v) is 3.96. The van der Waals surface area contributed by atoms with E-state index in [1.165, 1.54) is 5.56 Å². The van der Waals surface area contributed by atoms with Crippen molar-refractivity contribution >= 4 is 23.6 Å². The molecule has 2 rings (SSSR count). The molecule has 3 N–H and O–H groups in total. The van der Waals surface area contributed by atoms with Crippen molar-refractivity contribution in [1.29, 1.82) is 0 Å². The molecule has 0 saturated carbocycles. The summed E-state index contributed by atoms with van der Waals surface area (Å²) < 4.78 is 0. The van der Waals surface area contributed by atoms with E-state index in [0.717, 1.165) is 18.7 Å². The van der Waals surface area contributed by atoms with Crippen LogP contribution in [0.2, 0.25) is 0 Å². The minimum Gasteiger partial charge on any atom is -0.480 e. The van der Waals surface area contributed by atoms with Crippen LogP contribution >= 0.6 is 11.8 Å². The maximum Gasteiger partial charge on any atom is 0.326 e. The van der Waals surface area contributed by atoms with Crippen LogP contribution in [0, 0.1) is 0 Å². The molecule has 1 aromatic carbocycles. The zero-order valence-corrected chi connectivity index (χ0v) is 12.1. The van der Waals surface area contributed by atoms with Crippen LogP contribution in [0.4, 0.5) is 0 Å². The minimum absolute atomic E-state index is 0.326.